The smallest absolute Gasteiger partial charge is 0.227 e. The second-order valence-electron chi connectivity index (χ2n) is 6.78. The average molecular weight is 393 g/mol. The van der Waals surface area contributed by atoms with Crippen molar-refractivity contribution in [3.63, 3.8) is 0 Å². The fourth-order valence-electron chi connectivity index (χ4n) is 3.36. The maximum absolute atomic E-state index is 12.6. The lowest BCUT2D eigenvalue weighted by atomic mass is 10.1. The molecular formula is C22H21ClN4O. The number of rotatable bonds is 4. The van der Waals surface area contributed by atoms with Gasteiger partial charge in [-0.2, -0.15) is 0 Å². The van der Waals surface area contributed by atoms with Crippen LogP contribution in [0.2, 0.25) is 5.02 Å². The van der Waals surface area contributed by atoms with Crippen molar-refractivity contribution >= 4 is 23.3 Å². The van der Waals surface area contributed by atoms with E-state index in [1.807, 2.05) is 71.6 Å². The van der Waals surface area contributed by atoms with Crippen LogP contribution >= 0.6 is 11.6 Å². The number of anilines is 1. The van der Waals surface area contributed by atoms with E-state index in [1.165, 1.54) is 0 Å². The summed E-state index contributed by atoms with van der Waals surface area (Å²) < 4.78 is 0. The van der Waals surface area contributed by atoms with Crippen LogP contribution in [-0.2, 0) is 11.2 Å². The lowest BCUT2D eigenvalue weighted by Crippen LogP contribution is -2.49. The van der Waals surface area contributed by atoms with Crippen LogP contribution in [0.1, 0.15) is 5.56 Å². The Kier molecular flexibility index (Phi) is 5.53. The topological polar surface area (TPSA) is 49.3 Å². The van der Waals surface area contributed by atoms with E-state index in [0.717, 1.165) is 35.7 Å². The van der Waals surface area contributed by atoms with Gasteiger partial charge in [0.1, 0.15) is 0 Å². The van der Waals surface area contributed by atoms with Gasteiger partial charge in [-0.15, -0.1) is 10.2 Å². The van der Waals surface area contributed by atoms with Crippen LogP contribution in [0.5, 0.6) is 0 Å². The molecular weight excluding hydrogens is 372 g/mol. The van der Waals surface area contributed by atoms with Crippen molar-refractivity contribution < 1.29 is 4.79 Å². The highest BCUT2D eigenvalue weighted by Crippen LogP contribution is 2.20. The fraction of sp³-hybridized carbons (Fsp3) is 0.227. The van der Waals surface area contributed by atoms with Crippen LogP contribution in [0.4, 0.5) is 5.82 Å². The van der Waals surface area contributed by atoms with Gasteiger partial charge in [0.15, 0.2) is 5.82 Å². The van der Waals surface area contributed by atoms with Gasteiger partial charge in [-0.05, 0) is 23.8 Å². The van der Waals surface area contributed by atoms with Crippen LogP contribution in [0.3, 0.4) is 0 Å². The molecule has 28 heavy (non-hydrogen) atoms. The summed E-state index contributed by atoms with van der Waals surface area (Å²) in [5.74, 6) is 0.955. The quantitative estimate of drug-likeness (QED) is 0.679. The molecule has 1 amide bonds. The molecule has 0 saturated carbocycles. The van der Waals surface area contributed by atoms with Crippen molar-refractivity contribution in [3.05, 3.63) is 77.3 Å². The van der Waals surface area contributed by atoms with Gasteiger partial charge in [0.05, 0.1) is 12.1 Å². The molecule has 0 bridgehead atoms. The summed E-state index contributed by atoms with van der Waals surface area (Å²) in [6.45, 7) is 2.83. The zero-order chi connectivity index (χ0) is 19.3. The molecule has 2 aromatic carbocycles. The molecule has 3 aromatic rings. The largest absolute Gasteiger partial charge is 0.352 e. The Labute approximate surface area is 169 Å². The summed E-state index contributed by atoms with van der Waals surface area (Å²) in [6, 6.07) is 21.5. The Morgan fingerprint density at radius 3 is 2.25 bits per heavy atom. The molecule has 142 valence electrons. The van der Waals surface area contributed by atoms with Crippen molar-refractivity contribution in [1.29, 1.82) is 0 Å². The van der Waals surface area contributed by atoms with E-state index in [2.05, 4.69) is 15.1 Å². The average Bonchev–Trinajstić information content (AvgIpc) is 2.76. The van der Waals surface area contributed by atoms with E-state index in [-0.39, 0.29) is 5.91 Å². The van der Waals surface area contributed by atoms with Crippen LogP contribution in [0, 0.1) is 0 Å². The zero-order valence-corrected chi connectivity index (χ0v) is 16.2. The number of halogens is 1. The standard InChI is InChI=1S/C22H21ClN4O/c23-19-9-5-4-8-18(19)16-22(28)27-14-12-26(13-15-27)21-11-10-20(24-25-21)17-6-2-1-3-7-17/h1-11H,12-16H2. The lowest BCUT2D eigenvalue weighted by molar-refractivity contribution is -0.130. The number of carbonyl (C=O) groups excluding carboxylic acids is 1. The molecule has 0 unspecified atom stereocenters. The third-order valence-electron chi connectivity index (χ3n) is 4.98. The third kappa shape index (κ3) is 4.15. The van der Waals surface area contributed by atoms with E-state index in [9.17, 15) is 4.79 Å². The molecule has 0 spiro atoms. The molecule has 0 atom stereocenters. The van der Waals surface area contributed by atoms with Gasteiger partial charge in [0.2, 0.25) is 5.91 Å². The van der Waals surface area contributed by atoms with Crippen molar-refractivity contribution in [1.82, 2.24) is 15.1 Å². The van der Waals surface area contributed by atoms with Crippen molar-refractivity contribution in [2.24, 2.45) is 0 Å². The highest BCUT2D eigenvalue weighted by atomic mass is 35.5. The summed E-state index contributed by atoms with van der Waals surface area (Å²) in [7, 11) is 0. The molecule has 0 N–H and O–H groups in total. The number of hydrogen-bond donors (Lipinski definition) is 0. The fourth-order valence-corrected chi connectivity index (χ4v) is 3.56. The van der Waals surface area contributed by atoms with Crippen LogP contribution in [0.25, 0.3) is 11.3 Å². The summed E-state index contributed by atoms with van der Waals surface area (Å²) in [4.78, 5) is 16.6. The van der Waals surface area contributed by atoms with Gasteiger partial charge in [-0.25, -0.2) is 0 Å². The molecule has 5 nitrogen and oxygen atoms in total. The molecule has 1 saturated heterocycles. The predicted octanol–water partition coefficient (Wildman–Crippen LogP) is 3.69. The van der Waals surface area contributed by atoms with Gasteiger partial charge >= 0.3 is 0 Å². The summed E-state index contributed by atoms with van der Waals surface area (Å²) in [5.41, 5.74) is 2.79. The monoisotopic (exact) mass is 392 g/mol. The number of benzene rings is 2. The number of amides is 1. The maximum atomic E-state index is 12.6. The highest BCUT2D eigenvalue weighted by Gasteiger charge is 2.22. The van der Waals surface area contributed by atoms with E-state index in [0.29, 0.717) is 24.5 Å². The molecule has 0 radical (unpaired) electrons. The zero-order valence-electron chi connectivity index (χ0n) is 15.5. The Morgan fingerprint density at radius 1 is 0.857 bits per heavy atom. The third-order valence-corrected chi connectivity index (χ3v) is 5.34. The highest BCUT2D eigenvalue weighted by molar-refractivity contribution is 6.31. The molecule has 4 rings (SSSR count). The molecule has 1 aliphatic heterocycles. The summed E-state index contributed by atoms with van der Waals surface area (Å²) >= 11 is 6.17. The Balaban J connectivity index is 1.35. The minimum absolute atomic E-state index is 0.109. The first kappa shape index (κ1) is 18.4. The van der Waals surface area contributed by atoms with Gasteiger partial charge in [-0.1, -0.05) is 60.1 Å². The summed E-state index contributed by atoms with van der Waals surface area (Å²) in [5, 5.41) is 9.38. The molecule has 2 heterocycles. The minimum atomic E-state index is 0.109. The second kappa shape index (κ2) is 8.40. The van der Waals surface area contributed by atoms with Crippen LogP contribution < -0.4 is 4.90 Å². The van der Waals surface area contributed by atoms with Gasteiger partial charge < -0.3 is 9.80 Å². The van der Waals surface area contributed by atoms with Crippen molar-refractivity contribution in [2.45, 2.75) is 6.42 Å². The molecule has 1 aromatic heterocycles. The number of carbonyl (C=O) groups is 1. The Bertz CT molecular complexity index is 938. The normalized spacial score (nSPS) is 14.2. The number of nitrogens with zero attached hydrogens (tertiary/aromatic N) is 4. The lowest BCUT2D eigenvalue weighted by Gasteiger charge is -2.35. The minimum Gasteiger partial charge on any atom is -0.352 e. The maximum Gasteiger partial charge on any atom is 0.227 e. The first-order valence-corrected chi connectivity index (χ1v) is 9.74. The molecule has 0 aliphatic carbocycles. The number of hydrogen-bond acceptors (Lipinski definition) is 4. The molecule has 6 heteroatoms. The Morgan fingerprint density at radius 2 is 1.57 bits per heavy atom. The van der Waals surface area contributed by atoms with Crippen molar-refractivity contribution in [3.8, 4) is 11.3 Å². The Hall–Kier alpha value is -2.92. The first-order chi connectivity index (χ1) is 13.7. The first-order valence-electron chi connectivity index (χ1n) is 9.36. The van der Waals surface area contributed by atoms with E-state index in [1.54, 1.807) is 0 Å². The van der Waals surface area contributed by atoms with E-state index < -0.39 is 0 Å². The van der Waals surface area contributed by atoms with Gasteiger partial charge in [0.25, 0.3) is 0 Å². The SMILES string of the molecule is O=C(Cc1ccccc1Cl)N1CCN(c2ccc(-c3ccccc3)nn2)CC1. The molecule has 1 fully saturated rings. The molecule has 1 aliphatic rings. The van der Waals surface area contributed by atoms with E-state index >= 15 is 0 Å². The summed E-state index contributed by atoms with van der Waals surface area (Å²) in [6.07, 6.45) is 0.339. The number of piperazine rings is 1. The van der Waals surface area contributed by atoms with Gasteiger partial charge in [-0.3, -0.25) is 4.79 Å². The number of aromatic nitrogens is 2. The van der Waals surface area contributed by atoms with E-state index in [4.69, 9.17) is 11.6 Å². The predicted molar refractivity (Wildman–Crippen MR) is 111 cm³/mol. The van der Waals surface area contributed by atoms with Gasteiger partial charge in [0, 0.05) is 36.8 Å². The van der Waals surface area contributed by atoms with Crippen LogP contribution in [-0.4, -0.2) is 47.2 Å². The van der Waals surface area contributed by atoms with Crippen molar-refractivity contribution in [2.75, 3.05) is 31.1 Å². The second-order valence-corrected chi connectivity index (χ2v) is 7.19. The van der Waals surface area contributed by atoms with Crippen LogP contribution in [0.15, 0.2) is 66.7 Å².